The van der Waals surface area contributed by atoms with Gasteiger partial charge in [-0.1, -0.05) is 28.1 Å². The van der Waals surface area contributed by atoms with Crippen LogP contribution in [0.4, 0.5) is 0 Å². The molecule has 0 spiro atoms. The Morgan fingerprint density at radius 1 is 1.64 bits per heavy atom. The summed E-state index contributed by atoms with van der Waals surface area (Å²) in [4.78, 5) is 11.5. The third-order valence-electron chi connectivity index (χ3n) is 1.90. The Labute approximate surface area is 105 Å². The maximum absolute atomic E-state index is 11.7. The number of aliphatic hydroxyl groups is 1. The van der Waals surface area contributed by atoms with Crippen LogP contribution in [-0.2, 0) is 6.61 Å². The first kappa shape index (κ1) is 12.1. The van der Waals surface area contributed by atoms with Gasteiger partial charge in [0.05, 0.1) is 11.4 Å². The molecule has 0 aliphatic heterocycles. The van der Waals surface area contributed by atoms with Gasteiger partial charge in [0.15, 0.2) is 5.78 Å². The van der Waals surface area contributed by atoms with Gasteiger partial charge in [-0.2, -0.15) is 0 Å². The first-order valence-corrected chi connectivity index (χ1v) is 6.14. The largest absolute Gasteiger partial charge is 0.392 e. The molecule has 1 rings (SSSR count). The van der Waals surface area contributed by atoms with E-state index in [1.807, 2.05) is 12.1 Å². The van der Waals surface area contributed by atoms with E-state index >= 15 is 0 Å². The van der Waals surface area contributed by atoms with Gasteiger partial charge in [-0.05, 0) is 35.6 Å². The average Bonchev–Trinajstić information content (AvgIpc) is 2.16. The van der Waals surface area contributed by atoms with E-state index in [-0.39, 0.29) is 17.2 Å². The van der Waals surface area contributed by atoms with Crippen LogP contribution >= 0.6 is 38.5 Å². The van der Waals surface area contributed by atoms with Crippen LogP contribution in [-0.4, -0.2) is 15.7 Å². The van der Waals surface area contributed by atoms with Crippen LogP contribution in [0.25, 0.3) is 0 Å². The number of ketones is 1. The minimum atomic E-state index is -0.217. The number of Topliss-reactive ketones (excluding diaryl/α,β-unsaturated/α-hetero) is 1. The van der Waals surface area contributed by atoms with Gasteiger partial charge in [0.25, 0.3) is 0 Å². The van der Waals surface area contributed by atoms with Crippen molar-refractivity contribution in [3.05, 3.63) is 32.9 Å². The number of hydrogen-bond acceptors (Lipinski definition) is 2. The molecule has 0 saturated carbocycles. The lowest BCUT2D eigenvalue weighted by Crippen LogP contribution is -2.13. The second-order valence-corrected chi connectivity index (χ2v) is 5.44. The molecule has 2 nitrogen and oxygen atoms in total. The van der Waals surface area contributed by atoms with Crippen molar-refractivity contribution in [1.82, 2.24) is 0 Å². The van der Waals surface area contributed by atoms with Gasteiger partial charge >= 0.3 is 0 Å². The van der Waals surface area contributed by atoms with Crippen molar-refractivity contribution in [1.29, 1.82) is 0 Å². The minimum Gasteiger partial charge on any atom is -0.392 e. The number of halogens is 2. The summed E-state index contributed by atoms with van der Waals surface area (Å²) in [5.41, 5.74) is 1.31. The molecule has 0 amide bonds. The predicted molar refractivity (Wildman–Crippen MR) is 67.8 cm³/mol. The summed E-state index contributed by atoms with van der Waals surface area (Å²) in [5, 5.41) is 9.16. The van der Waals surface area contributed by atoms with Crippen molar-refractivity contribution in [2.24, 2.45) is 0 Å². The molecule has 1 aromatic rings. The number of carbonyl (C=O) groups is 1. The van der Waals surface area contributed by atoms with Crippen LogP contribution in [0, 0.1) is 3.57 Å². The number of hydrogen-bond donors (Lipinski definition) is 1. The molecule has 0 fully saturated rings. The molecule has 0 aliphatic carbocycles. The van der Waals surface area contributed by atoms with Gasteiger partial charge in [-0.25, -0.2) is 0 Å². The Morgan fingerprint density at radius 2 is 2.29 bits per heavy atom. The first-order valence-electron chi connectivity index (χ1n) is 4.14. The van der Waals surface area contributed by atoms with E-state index in [9.17, 15) is 4.79 Å². The molecule has 1 atom stereocenters. The molecule has 4 heteroatoms. The van der Waals surface area contributed by atoms with Crippen molar-refractivity contribution in [3.63, 3.8) is 0 Å². The molecular weight excluding hydrogens is 359 g/mol. The Kier molecular flexibility index (Phi) is 4.53. The van der Waals surface area contributed by atoms with E-state index in [0.717, 1.165) is 3.57 Å². The first-order chi connectivity index (χ1) is 6.57. The lowest BCUT2D eigenvalue weighted by atomic mass is 10.0. The molecule has 1 N–H and O–H groups in total. The maximum atomic E-state index is 11.7. The molecule has 0 saturated heterocycles. The van der Waals surface area contributed by atoms with Crippen molar-refractivity contribution in [3.8, 4) is 0 Å². The number of aliphatic hydroxyl groups excluding tert-OH is 1. The molecular formula is C10H10BrIO2. The molecule has 1 unspecified atom stereocenters. The summed E-state index contributed by atoms with van der Waals surface area (Å²) in [6, 6.07) is 5.44. The Balaban J connectivity index is 3.20. The number of carbonyl (C=O) groups excluding carboxylic acids is 1. The van der Waals surface area contributed by atoms with Crippen LogP contribution in [0.5, 0.6) is 0 Å². The Bertz CT molecular complexity index is 350. The van der Waals surface area contributed by atoms with E-state index in [1.54, 1.807) is 13.0 Å². The highest BCUT2D eigenvalue weighted by Gasteiger charge is 2.16. The molecule has 0 heterocycles. The van der Waals surface area contributed by atoms with Gasteiger partial charge in [-0.15, -0.1) is 0 Å². The van der Waals surface area contributed by atoms with Gasteiger partial charge < -0.3 is 5.11 Å². The molecule has 0 radical (unpaired) electrons. The fourth-order valence-electron chi connectivity index (χ4n) is 1.16. The van der Waals surface area contributed by atoms with Gasteiger partial charge in [0.2, 0.25) is 0 Å². The summed E-state index contributed by atoms with van der Waals surface area (Å²) < 4.78 is 0.920. The molecule has 0 aliphatic rings. The number of alkyl halides is 1. The van der Waals surface area contributed by atoms with E-state index in [1.165, 1.54) is 0 Å². The van der Waals surface area contributed by atoms with Crippen LogP contribution in [0.1, 0.15) is 22.8 Å². The van der Waals surface area contributed by atoms with E-state index in [0.29, 0.717) is 11.1 Å². The summed E-state index contributed by atoms with van der Waals surface area (Å²) in [5.74, 6) is 0.00701. The Morgan fingerprint density at radius 3 is 2.79 bits per heavy atom. The summed E-state index contributed by atoms with van der Waals surface area (Å²) >= 11 is 5.35. The van der Waals surface area contributed by atoms with Crippen LogP contribution in [0.15, 0.2) is 18.2 Å². The SMILES string of the molecule is CC(Br)C(=O)c1cccc(I)c1CO. The Hall–Kier alpha value is 0.0600. The van der Waals surface area contributed by atoms with E-state index in [4.69, 9.17) is 5.11 Å². The summed E-state index contributed by atoms with van der Waals surface area (Å²) in [6.07, 6.45) is 0. The van der Waals surface area contributed by atoms with Crippen molar-refractivity contribution < 1.29 is 9.90 Å². The standard InChI is InChI=1S/C10H10BrIO2/c1-6(11)10(14)7-3-2-4-9(12)8(7)5-13/h2-4,6,13H,5H2,1H3. The van der Waals surface area contributed by atoms with E-state index in [2.05, 4.69) is 38.5 Å². The minimum absolute atomic E-state index is 0.00701. The number of rotatable bonds is 3. The van der Waals surface area contributed by atoms with Gasteiger partial charge in [-0.3, -0.25) is 4.79 Å². The predicted octanol–water partition coefficient (Wildman–Crippen LogP) is 2.75. The topological polar surface area (TPSA) is 37.3 Å². The molecule has 14 heavy (non-hydrogen) atoms. The lowest BCUT2D eigenvalue weighted by Gasteiger charge is -2.09. The highest BCUT2D eigenvalue weighted by atomic mass is 127. The highest BCUT2D eigenvalue weighted by Crippen LogP contribution is 2.20. The van der Waals surface area contributed by atoms with E-state index < -0.39 is 0 Å². The van der Waals surface area contributed by atoms with Crippen molar-refractivity contribution in [2.75, 3.05) is 0 Å². The molecule has 0 aromatic heterocycles. The van der Waals surface area contributed by atoms with Crippen molar-refractivity contribution in [2.45, 2.75) is 18.4 Å². The highest BCUT2D eigenvalue weighted by molar-refractivity contribution is 14.1. The fraction of sp³-hybridized carbons (Fsp3) is 0.300. The van der Waals surface area contributed by atoms with Gasteiger partial charge in [0, 0.05) is 14.7 Å². The second kappa shape index (κ2) is 5.23. The third-order valence-corrected chi connectivity index (χ3v) is 3.33. The van der Waals surface area contributed by atoms with Crippen LogP contribution in [0.2, 0.25) is 0 Å². The van der Waals surface area contributed by atoms with Crippen LogP contribution in [0.3, 0.4) is 0 Å². The summed E-state index contributed by atoms with van der Waals surface area (Å²) in [7, 11) is 0. The number of benzene rings is 1. The zero-order valence-electron chi connectivity index (χ0n) is 7.63. The molecule has 76 valence electrons. The fourth-order valence-corrected chi connectivity index (χ4v) is 2.08. The third kappa shape index (κ3) is 2.55. The second-order valence-electron chi connectivity index (χ2n) is 2.90. The molecule has 0 bridgehead atoms. The van der Waals surface area contributed by atoms with Crippen molar-refractivity contribution >= 4 is 44.3 Å². The summed E-state index contributed by atoms with van der Waals surface area (Å²) in [6.45, 7) is 1.68. The average molecular weight is 369 g/mol. The molecule has 1 aromatic carbocycles. The quantitative estimate of drug-likeness (QED) is 0.506. The monoisotopic (exact) mass is 368 g/mol. The lowest BCUT2D eigenvalue weighted by molar-refractivity contribution is 0.0992. The smallest absolute Gasteiger partial charge is 0.176 e. The van der Waals surface area contributed by atoms with Gasteiger partial charge in [0.1, 0.15) is 0 Å². The maximum Gasteiger partial charge on any atom is 0.176 e. The normalized spacial score (nSPS) is 12.6. The van der Waals surface area contributed by atoms with Crippen LogP contribution < -0.4 is 0 Å². The zero-order valence-corrected chi connectivity index (χ0v) is 11.4. The zero-order chi connectivity index (χ0) is 10.7.